The van der Waals surface area contributed by atoms with E-state index in [0.29, 0.717) is 0 Å². The molecule has 0 heterocycles. The van der Waals surface area contributed by atoms with E-state index in [9.17, 15) is 0 Å². The van der Waals surface area contributed by atoms with Crippen molar-refractivity contribution in [3.05, 3.63) is 30.0 Å². The number of halogens is 2. The molecule has 0 aromatic rings. The maximum absolute atomic E-state index is 9.11. The fourth-order valence-corrected chi connectivity index (χ4v) is 0.340. The van der Waals surface area contributed by atoms with E-state index in [1.807, 2.05) is 12.2 Å². The number of allylic oxidation sites excluding steroid dienone is 4. The van der Waals surface area contributed by atoms with Crippen LogP contribution in [0.15, 0.2) is 18.2 Å². The van der Waals surface area contributed by atoms with Gasteiger partial charge < -0.3 is 35.3 Å². The molecule has 2 nitrogen and oxygen atoms in total. The molecule has 6 heteroatoms. The van der Waals surface area contributed by atoms with Crippen LogP contribution in [0, 0.1) is 6.08 Å². The standard InChI is InChI=1S/C5H5.C2H5NO.C2H7Si.2ClH.Zr/c1-2-4-5-3-1;1-2(3)4;1-3-2;;;/h1-3H,4H2;1H3,(H2,3,4);3H,1-2H3;2*1H;/q-1;;;;;+4/p-3. The van der Waals surface area contributed by atoms with Crippen LogP contribution >= 0.6 is 0 Å². The minimum atomic E-state index is -0.583. The number of carbonyl (C=O) groups is 1. The quantitative estimate of drug-likeness (QED) is 0.331. The van der Waals surface area contributed by atoms with Gasteiger partial charge in [-0.1, -0.05) is 13.1 Å². The minimum Gasteiger partial charge on any atom is -1.00 e. The van der Waals surface area contributed by atoms with E-state index in [1.54, 1.807) is 0 Å². The Morgan fingerprint density at radius 2 is 1.73 bits per heavy atom. The maximum atomic E-state index is 9.11. The molecule has 0 saturated heterocycles. The fourth-order valence-electron chi connectivity index (χ4n) is 0.340. The summed E-state index contributed by atoms with van der Waals surface area (Å²) in [5.74, 6) is -0.583. The van der Waals surface area contributed by atoms with Crippen LogP contribution in [0.1, 0.15) is 13.3 Å². The average Bonchev–Trinajstić information content (AvgIpc) is 2.40. The second kappa shape index (κ2) is 29.3. The molecular formula is C9H16Cl2NOSiZr. The van der Waals surface area contributed by atoms with Gasteiger partial charge in [-0.25, -0.2) is 12.2 Å². The molecule has 85 valence electrons. The van der Waals surface area contributed by atoms with Gasteiger partial charge in [-0.2, -0.15) is 6.08 Å². The molecule has 1 aliphatic carbocycles. The van der Waals surface area contributed by atoms with Crippen molar-refractivity contribution in [2.45, 2.75) is 26.4 Å². The average molecular weight is 344 g/mol. The third kappa shape index (κ3) is 73.6. The van der Waals surface area contributed by atoms with E-state index in [1.165, 1.54) is 6.92 Å². The number of carbonyl (C=O) groups excluding carboxylic acids is 1. The molecule has 1 rings (SSSR count). The number of rotatable bonds is 0. The van der Waals surface area contributed by atoms with Crippen LogP contribution in [0.2, 0.25) is 13.1 Å². The number of amides is 1. The van der Waals surface area contributed by atoms with E-state index in [2.05, 4.69) is 25.2 Å². The van der Waals surface area contributed by atoms with E-state index in [0.717, 1.165) is 15.9 Å². The zero-order valence-electron chi connectivity index (χ0n) is 9.18. The number of nitrogens with one attached hydrogen (secondary N) is 1. The Morgan fingerprint density at radius 1 is 1.40 bits per heavy atom. The summed E-state index contributed by atoms with van der Waals surface area (Å²) < 4.78 is 0. The van der Waals surface area contributed by atoms with Gasteiger partial charge in [0, 0.05) is 15.4 Å². The van der Waals surface area contributed by atoms with E-state index < -0.39 is 5.91 Å². The molecule has 0 aromatic heterocycles. The van der Waals surface area contributed by atoms with Gasteiger partial charge in [0.2, 0.25) is 0 Å². The van der Waals surface area contributed by atoms with E-state index >= 15 is 0 Å². The topological polar surface area (TPSA) is 40.9 Å². The summed E-state index contributed by atoms with van der Waals surface area (Å²) in [5, 5.41) is 0. The van der Waals surface area contributed by atoms with Gasteiger partial charge in [0.1, 0.15) is 0 Å². The molecule has 0 unspecified atom stereocenters. The van der Waals surface area contributed by atoms with Crippen LogP contribution in [-0.2, 0) is 31.0 Å². The Morgan fingerprint density at radius 3 is 1.80 bits per heavy atom. The van der Waals surface area contributed by atoms with Crippen molar-refractivity contribution in [1.29, 1.82) is 0 Å². The Balaban J connectivity index is -0.0000000313. The van der Waals surface area contributed by atoms with Gasteiger partial charge in [0.05, 0.1) is 0 Å². The smallest absolute Gasteiger partial charge is 1.00 e. The predicted octanol–water partition coefficient (Wildman–Crippen LogP) is -3.58. The number of hydrogen-bond donors (Lipinski definition) is 0. The monoisotopic (exact) mass is 342 g/mol. The van der Waals surface area contributed by atoms with Crippen molar-refractivity contribution in [1.82, 2.24) is 0 Å². The molecule has 1 radical (unpaired) electrons. The molecule has 0 aliphatic heterocycles. The fraction of sp³-hybridized carbons (Fsp3) is 0.444. The largest absolute Gasteiger partial charge is 4.00 e. The first kappa shape index (κ1) is 29.6. The molecule has 0 atom stereocenters. The van der Waals surface area contributed by atoms with Gasteiger partial charge in [-0.3, -0.25) is 6.08 Å². The van der Waals surface area contributed by atoms with Crippen molar-refractivity contribution in [2.24, 2.45) is 0 Å². The van der Waals surface area contributed by atoms with Crippen LogP contribution in [-0.4, -0.2) is 15.4 Å². The second-order valence-corrected chi connectivity index (χ2v) is 3.29. The summed E-state index contributed by atoms with van der Waals surface area (Å²) in [6, 6.07) is 0. The minimum absolute atomic E-state index is 0. The molecule has 0 saturated carbocycles. The first-order chi connectivity index (χ1) is 5.65. The van der Waals surface area contributed by atoms with Crippen molar-refractivity contribution >= 4 is 15.4 Å². The van der Waals surface area contributed by atoms with Crippen molar-refractivity contribution in [3.8, 4) is 0 Å². The van der Waals surface area contributed by atoms with Crippen molar-refractivity contribution < 1.29 is 55.8 Å². The second-order valence-electron chi connectivity index (χ2n) is 2.14. The van der Waals surface area contributed by atoms with Crippen LogP contribution in [0.3, 0.4) is 0 Å². The zero-order chi connectivity index (χ0) is 9.82. The Bertz CT molecular complexity index is 152. The van der Waals surface area contributed by atoms with Gasteiger partial charge >= 0.3 is 26.2 Å². The molecule has 1 aliphatic rings. The summed E-state index contributed by atoms with van der Waals surface area (Å²) >= 11 is 0. The van der Waals surface area contributed by atoms with Crippen LogP contribution in [0.4, 0.5) is 0 Å². The molecular weight excluding hydrogens is 328 g/mol. The van der Waals surface area contributed by atoms with Gasteiger partial charge in [-0.15, -0.1) is 6.42 Å². The summed E-state index contributed by atoms with van der Waals surface area (Å²) in [6.45, 7) is 5.61. The van der Waals surface area contributed by atoms with E-state index in [4.69, 9.17) is 10.5 Å². The Kier molecular flexibility index (Phi) is 57.8. The number of hydrogen-bond acceptors (Lipinski definition) is 1. The maximum Gasteiger partial charge on any atom is 4.00 e. The molecule has 1 N–H and O–H groups in total. The predicted molar refractivity (Wildman–Crippen MR) is 55.4 cm³/mol. The molecule has 0 aromatic carbocycles. The molecule has 0 fully saturated rings. The van der Waals surface area contributed by atoms with Gasteiger partial charge in [0.15, 0.2) is 0 Å². The SMILES string of the molecule is CC([NH-])=O.C[SiH]C.[C-]1=CC=CC1.[Cl-].[Cl-].[Zr+4]. The molecule has 1 amide bonds. The van der Waals surface area contributed by atoms with Crippen molar-refractivity contribution in [2.75, 3.05) is 0 Å². The Labute approximate surface area is 127 Å². The summed E-state index contributed by atoms with van der Waals surface area (Å²) in [4.78, 5) is 9.11. The van der Waals surface area contributed by atoms with Crippen molar-refractivity contribution in [3.63, 3.8) is 0 Å². The van der Waals surface area contributed by atoms with Crippen LogP contribution in [0.25, 0.3) is 5.73 Å². The van der Waals surface area contributed by atoms with Crippen LogP contribution in [0.5, 0.6) is 0 Å². The first-order valence-electron chi connectivity index (χ1n) is 3.83. The van der Waals surface area contributed by atoms with Crippen LogP contribution < -0.4 is 24.8 Å². The zero-order valence-corrected chi connectivity index (χ0v) is 14.3. The Hall–Kier alpha value is 0.630. The normalized spacial score (nSPS) is 8.73. The first-order valence-corrected chi connectivity index (χ1v) is 6.14. The third-order valence-corrected chi connectivity index (χ3v) is 0.586. The molecule has 0 spiro atoms. The van der Waals surface area contributed by atoms with E-state index in [-0.39, 0.29) is 51.0 Å². The summed E-state index contributed by atoms with van der Waals surface area (Å²) in [5.41, 5.74) is 5.94. The summed E-state index contributed by atoms with van der Waals surface area (Å²) in [7, 11) is 0.750. The van der Waals surface area contributed by atoms with Gasteiger partial charge in [-0.05, 0) is 6.92 Å². The third-order valence-electron chi connectivity index (χ3n) is 0.586. The molecule has 0 bridgehead atoms. The summed E-state index contributed by atoms with van der Waals surface area (Å²) in [6.07, 6.45) is 10.0. The van der Waals surface area contributed by atoms with Gasteiger partial charge in [0.25, 0.3) is 0 Å². The molecule has 15 heavy (non-hydrogen) atoms.